The van der Waals surface area contributed by atoms with Gasteiger partial charge in [-0.2, -0.15) is 0 Å². The molecule has 0 saturated heterocycles. The first-order chi connectivity index (χ1) is 18.4. The minimum atomic E-state index is -3.91. The summed E-state index contributed by atoms with van der Waals surface area (Å²) in [5.41, 5.74) is 5.48. The second kappa shape index (κ2) is 13.1. The number of nitrogens with two attached hydrogens (primary N) is 1. The van der Waals surface area contributed by atoms with Crippen molar-refractivity contribution in [3.63, 3.8) is 0 Å². The topological polar surface area (TPSA) is 163 Å². The van der Waals surface area contributed by atoms with E-state index in [4.69, 9.17) is 15.2 Å². The number of hydrogen-bond acceptors (Lipinski definition) is 9. The molecule has 2 aromatic heterocycles. The maximum atomic E-state index is 14.0. The standard InChI is InChI=1S/C25H35FN7O5P/c1-5-6-7-12-37-24(35)25(3,4)32-39(36,31-23(34)18-8-10-19(26)11-9-18)16-38-17(2)13-33-15-30-20-21(27)28-14-29-22(20)33/h8-11,14-15,17H,5-7,12-13,16H2,1-4H3,(H2,27,28,29)(H2,31,32,34,36). The maximum absolute atomic E-state index is 14.0. The summed E-state index contributed by atoms with van der Waals surface area (Å²) >= 11 is 0. The zero-order valence-electron chi connectivity index (χ0n) is 22.5. The first kappa shape index (κ1) is 30.1. The molecule has 14 heteroatoms. The fourth-order valence-electron chi connectivity index (χ4n) is 3.71. The third-order valence-corrected chi connectivity index (χ3v) is 7.76. The van der Waals surface area contributed by atoms with Crippen LogP contribution >= 0.6 is 7.44 Å². The molecule has 1 amide bonds. The molecule has 212 valence electrons. The summed E-state index contributed by atoms with van der Waals surface area (Å²) in [5.74, 6) is -1.61. The number of unbranched alkanes of at least 4 members (excludes halogenated alkanes) is 2. The van der Waals surface area contributed by atoms with E-state index in [0.29, 0.717) is 17.6 Å². The Bertz CT molecular complexity index is 1330. The van der Waals surface area contributed by atoms with Gasteiger partial charge in [-0.3, -0.25) is 19.2 Å². The van der Waals surface area contributed by atoms with Gasteiger partial charge < -0.3 is 19.8 Å². The smallest absolute Gasteiger partial charge is 0.326 e. The van der Waals surface area contributed by atoms with Gasteiger partial charge in [-0.1, -0.05) is 19.8 Å². The Kier molecular flexibility index (Phi) is 10.1. The summed E-state index contributed by atoms with van der Waals surface area (Å²) in [6.45, 7) is 7.31. The molecule has 0 aliphatic heterocycles. The first-order valence-electron chi connectivity index (χ1n) is 12.6. The number of nitrogen functional groups attached to an aromatic ring is 1. The van der Waals surface area contributed by atoms with Crippen molar-refractivity contribution in [1.82, 2.24) is 29.7 Å². The Labute approximate surface area is 226 Å². The van der Waals surface area contributed by atoms with Crippen molar-refractivity contribution in [1.29, 1.82) is 0 Å². The van der Waals surface area contributed by atoms with Crippen LogP contribution in [0.5, 0.6) is 0 Å². The zero-order chi connectivity index (χ0) is 28.6. The molecule has 0 bridgehead atoms. The lowest BCUT2D eigenvalue weighted by atomic mass is 10.1. The lowest BCUT2D eigenvalue weighted by Gasteiger charge is -2.31. The fraction of sp³-hybridized carbons (Fsp3) is 0.480. The molecule has 0 radical (unpaired) electrons. The lowest BCUT2D eigenvalue weighted by Crippen LogP contribution is -2.49. The van der Waals surface area contributed by atoms with Crippen LogP contribution in [0.3, 0.4) is 0 Å². The predicted octanol–water partition coefficient (Wildman–Crippen LogP) is 3.63. The molecule has 0 fully saturated rings. The van der Waals surface area contributed by atoms with Crippen molar-refractivity contribution >= 4 is 36.3 Å². The number of aromatic nitrogens is 4. The van der Waals surface area contributed by atoms with Crippen LogP contribution < -0.4 is 15.9 Å². The van der Waals surface area contributed by atoms with Gasteiger partial charge in [0.2, 0.25) is 0 Å². The number of fused-ring (bicyclic) bond motifs is 1. The van der Waals surface area contributed by atoms with Gasteiger partial charge in [0, 0.05) is 5.56 Å². The number of hydrogen-bond donors (Lipinski definition) is 3. The highest BCUT2D eigenvalue weighted by Gasteiger charge is 2.39. The number of carbonyl (C=O) groups is 2. The van der Waals surface area contributed by atoms with E-state index in [1.807, 2.05) is 6.92 Å². The summed E-state index contributed by atoms with van der Waals surface area (Å²) in [7, 11) is -3.91. The van der Waals surface area contributed by atoms with Crippen LogP contribution in [-0.2, 0) is 25.4 Å². The average Bonchev–Trinajstić information content (AvgIpc) is 3.29. The van der Waals surface area contributed by atoms with Crippen molar-refractivity contribution in [2.75, 3.05) is 18.7 Å². The summed E-state index contributed by atoms with van der Waals surface area (Å²) in [6.07, 6.45) is 4.49. The molecule has 0 saturated carbocycles. The average molecular weight is 564 g/mol. The number of imidazole rings is 1. The number of carbonyl (C=O) groups excluding carboxylic acids is 2. The summed E-state index contributed by atoms with van der Waals surface area (Å²) in [4.78, 5) is 38.0. The van der Waals surface area contributed by atoms with Gasteiger partial charge in [-0.05, 0) is 51.5 Å². The molecule has 0 aliphatic carbocycles. The lowest BCUT2D eigenvalue weighted by molar-refractivity contribution is -0.149. The van der Waals surface area contributed by atoms with Crippen LogP contribution in [0.25, 0.3) is 11.2 Å². The van der Waals surface area contributed by atoms with E-state index in [1.54, 1.807) is 17.8 Å². The van der Waals surface area contributed by atoms with Gasteiger partial charge in [0.25, 0.3) is 13.4 Å². The molecule has 2 atom stereocenters. The van der Waals surface area contributed by atoms with Gasteiger partial charge in [-0.15, -0.1) is 0 Å². The number of amides is 1. The van der Waals surface area contributed by atoms with Crippen molar-refractivity contribution < 1.29 is 28.0 Å². The molecule has 3 rings (SSSR count). The van der Waals surface area contributed by atoms with E-state index in [9.17, 15) is 18.5 Å². The highest BCUT2D eigenvalue weighted by molar-refractivity contribution is 7.60. The third-order valence-electron chi connectivity index (χ3n) is 5.76. The Hall–Kier alpha value is -3.41. The molecule has 3 aromatic rings. The number of benzene rings is 1. The predicted molar refractivity (Wildman–Crippen MR) is 144 cm³/mol. The number of ether oxygens (including phenoxy) is 2. The largest absolute Gasteiger partial charge is 0.464 e. The minimum absolute atomic E-state index is 0.0913. The number of rotatable bonds is 14. The van der Waals surface area contributed by atoms with E-state index in [1.165, 1.54) is 32.3 Å². The van der Waals surface area contributed by atoms with Crippen LogP contribution in [0.2, 0.25) is 0 Å². The van der Waals surface area contributed by atoms with E-state index >= 15 is 0 Å². The van der Waals surface area contributed by atoms with Crippen molar-refractivity contribution in [3.8, 4) is 0 Å². The van der Waals surface area contributed by atoms with Crippen molar-refractivity contribution in [3.05, 3.63) is 48.3 Å². The van der Waals surface area contributed by atoms with Crippen LogP contribution in [0.15, 0.2) is 36.9 Å². The Morgan fingerprint density at radius 1 is 1.18 bits per heavy atom. The molecular weight excluding hydrogens is 528 g/mol. The van der Waals surface area contributed by atoms with Gasteiger partial charge in [0.15, 0.2) is 11.5 Å². The molecule has 12 nitrogen and oxygen atoms in total. The molecule has 0 spiro atoms. The highest BCUT2D eigenvalue weighted by Crippen LogP contribution is 2.40. The number of anilines is 1. The number of halogens is 1. The summed E-state index contributed by atoms with van der Waals surface area (Å²) in [6, 6.07) is 4.77. The molecule has 4 N–H and O–H groups in total. The normalized spacial score (nSPS) is 14.1. The molecule has 39 heavy (non-hydrogen) atoms. The second-order valence-electron chi connectivity index (χ2n) is 9.70. The summed E-state index contributed by atoms with van der Waals surface area (Å²) < 4.78 is 40.3. The minimum Gasteiger partial charge on any atom is -0.464 e. The van der Waals surface area contributed by atoms with E-state index in [0.717, 1.165) is 25.0 Å². The number of nitrogens with zero attached hydrogens (tertiary/aromatic N) is 4. The van der Waals surface area contributed by atoms with Gasteiger partial charge in [-0.25, -0.2) is 24.4 Å². The van der Waals surface area contributed by atoms with E-state index in [-0.39, 0.29) is 24.5 Å². The van der Waals surface area contributed by atoms with Gasteiger partial charge >= 0.3 is 5.97 Å². The Morgan fingerprint density at radius 3 is 2.59 bits per heavy atom. The zero-order valence-corrected chi connectivity index (χ0v) is 23.4. The molecule has 2 heterocycles. The third kappa shape index (κ3) is 8.29. The molecule has 1 aromatic carbocycles. The summed E-state index contributed by atoms with van der Waals surface area (Å²) in [5, 5.41) is 5.23. The highest BCUT2D eigenvalue weighted by atomic mass is 31.2. The fourth-order valence-corrected chi connectivity index (χ4v) is 5.81. The second-order valence-corrected chi connectivity index (χ2v) is 11.9. The van der Waals surface area contributed by atoms with E-state index in [2.05, 4.69) is 25.1 Å². The monoisotopic (exact) mass is 563 g/mol. The van der Waals surface area contributed by atoms with Crippen molar-refractivity contribution in [2.24, 2.45) is 0 Å². The number of nitrogens with one attached hydrogen (secondary N) is 2. The van der Waals surface area contributed by atoms with Crippen molar-refractivity contribution in [2.45, 2.75) is 65.1 Å². The van der Waals surface area contributed by atoms with E-state index < -0.39 is 43.1 Å². The van der Waals surface area contributed by atoms with Crippen LogP contribution in [0.1, 0.15) is 57.3 Å². The first-order valence-corrected chi connectivity index (χ1v) is 14.5. The molecular formula is C25H35FN7O5P. The van der Waals surface area contributed by atoms with Crippen LogP contribution in [0, 0.1) is 5.82 Å². The van der Waals surface area contributed by atoms with Crippen LogP contribution in [-0.4, -0.2) is 56.0 Å². The Balaban J connectivity index is 1.74. The quantitative estimate of drug-likeness (QED) is 0.150. The number of esters is 1. The SMILES string of the molecule is CCCCCOC(=O)C(C)(C)NP(=O)(COC(C)Cn1cnc2c(N)ncnc21)NC(=O)c1ccc(F)cc1. The van der Waals surface area contributed by atoms with Crippen LogP contribution in [0.4, 0.5) is 10.2 Å². The molecule has 0 aliphatic rings. The van der Waals surface area contributed by atoms with Gasteiger partial charge in [0.1, 0.15) is 29.5 Å². The molecule has 2 unspecified atom stereocenters. The van der Waals surface area contributed by atoms with Gasteiger partial charge in [0.05, 0.1) is 25.6 Å². The Morgan fingerprint density at radius 2 is 1.90 bits per heavy atom. The maximum Gasteiger partial charge on any atom is 0.326 e.